The van der Waals surface area contributed by atoms with Crippen molar-refractivity contribution in [2.24, 2.45) is 11.7 Å². The molecule has 1 aliphatic carbocycles. The first kappa shape index (κ1) is 17.4. The van der Waals surface area contributed by atoms with Gasteiger partial charge in [-0.25, -0.2) is 4.79 Å². The SMILES string of the molecule is N[C@@H](CCC1CC1)[C@@H](O)CC(=O)OC(=O)OCc1ccccc1. The van der Waals surface area contributed by atoms with Crippen molar-refractivity contribution in [3.63, 3.8) is 0 Å². The van der Waals surface area contributed by atoms with Gasteiger partial charge in [0.1, 0.15) is 6.61 Å². The maximum atomic E-state index is 11.6. The highest BCUT2D eigenvalue weighted by molar-refractivity contribution is 5.82. The number of nitrogens with two attached hydrogens (primary N) is 1. The fourth-order valence-corrected chi connectivity index (χ4v) is 2.23. The maximum Gasteiger partial charge on any atom is 0.516 e. The molecule has 0 bridgehead atoms. The smallest absolute Gasteiger partial charge is 0.429 e. The van der Waals surface area contributed by atoms with E-state index in [1.165, 1.54) is 12.8 Å². The molecule has 1 aliphatic rings. The summed E-state index contributed by atoms with van der Waals surface area (Å²) in [5.41, 5.74) is 6.62. The third-order valence-corrected chi connectivity index (χ3v) is 3.87. The van der Waals surface area contributed by atoms with E-state index in [0.29, 0.717) is 12.3 Å². The molecule has 0 radical (unpaired) electrons. The van der Waals surface area contributed by atoms with Crippen molar-refractivity contribution in [1.82, 2.24) is 0 Å². The number of rotatable bonds is 8. The summed E-state index contributed by atoms with van der Waals surface area (Å²) in [6.45, 7) is 0.0242. The standard InChI is InChI=1S/C17H23NO5/c18-14(9-8-12-6-7-12)15(19)10-16(20)23-17(21)22-11-13-4-2-1-3-5-13/h1-5,12,14-15,19H,6-11,18H2/t14-,15-/m0/s1. The zero-order valence-electron chi connectivity index (χ0n) is 13.0. The number of hydrogen-bond acceptors (Lipinski definition) is 6. The Labute approximate surface area is 135 Å². The number of aliphatic hydroxyl groups is 1. The lowest BCUT2D eigenvalue weighted by atomic mass is 10.0. The molecule has 6 nitrogen and oxygen atoms in total. The second-order valence-electron chi connectivity index (χ2n) is 5.95. The van der Waals surface area contributed by atoms with Gasteiger partial charge in [-0.05, 0) is 24.3 Å². The molecule has 1 fully saturated rings. The highest BCUT2D eigenvalue weighted by Gasteiger charge is 2.25. The maximum absolute atomic E-state index is 11.6. The Kier molecular flexibility index (Phi) is 6.55. The van der Waals surface area contributed by atoms with Crippen molar-refractivity contribution in [2.75, 3.05) is 0 Å². The van der Waals surface area contributed by atoms with Crippen molar-refractivity contribution < 1.29 is 24.2 Å². The fraction of sp³-hybridized carbons (Fsp3) is 0.529. The first-order chi connectivity index (χ1) is 11.0. The Morgan fingerprint density at radius 2 is 1.96 bits per heavy atom. The van der Waals surface area contributed by atoms with Gasteiger partial charge in [0.25, 0.3) is 0 Å². The van der Waals surface area contributed by atoms with Crippen molar-refractivity contribution in [2.45, 2.75) is 50.9 Å². The summed E-state index contributed by atoms with van der Waals surface area (Å²) >= 11 is 0. The van der Waals surface area contributed by atoms with Crippen LogP contribution in [0, 0.1) is 5.92 Å². The fourth-order valence-electron chi connectivity index (χ4n) is 2.23. The first-order valence-electron chi connectivity index (χ1n) is 7.89. The lowest BCUT2D eigenvalue weighted by molar-refractivity contribution is -0.142. The van der Waals surface area contributed by atoms with Gasteiger partial charge >= 0.3 is 12.1 Å². The van der Waals surface area contributed by atoms with Crippen molar-refractivity contribution >= 4 is 12.1 Å². The van der Waals surface area contributed by atoms with Crippen molar-refractivity contribution in [3.05, 3.63) is 35.9 Å². The molecule has 0 aromatic heterocycles. The number of aliphatic hydroxyl groups excluding tert-OH is 1. The van der Waals surface area contributed by atoms with Crippen LogP contribution in [0.1, 0.15) is 37.7 Å². The normalized spacial score (nSPS) is 16.4. The van der Waals surface area contributed by atoms with Gasteiger partial charge < -0.3 is 20.3 Å². The number of ether oxygens (including phenoxy) is 2. The van der Waals surface area contributed by atoms with Gasteiger partial charge in [-0.2, -0.15) is 0 Å². The zero-order chi connectivity index (χ0) is 16.7. The molecule has 126 valence electrons. The molecule has 0 unspecified atom stereocenters. The molecule has 0 saturated heterocycles. The molecule has 1 saturated carbocycles. The molecule has 3 N–H and O–H groups in total. The Balaban J connectivity index is 1.63. The third kappa shape index (κ3) is 6.80. The Bertz CT molecular complexity index is 515. The van der Waals surface area contributed by atoms with Crippen LogP contribution in [0.5, 0.6) is 0 Å². The topological polar surface area (TPSA) is 98.9 Å². The van der Waals surface area contributed by atoms with E-state index < -0.39 is 24.3 Å². The minimum atomic E-state index is -1.07. The quantitative estimate of drug-likeness (QED) is 0.562. The summed E-state index contributed by atoms with van der Waals surface area (Å²) in [6.07, 6.45) is 1.67. The molecule has 0 aliphatic heterocycles. The molecule has 6 heteroatoms. The number of esters is 1. The van der Waals surface area contributed by atoms with E-state index >= 15 is 0 Å². The lowest BCUT2D eigenvalue weighted by Gasteiger charge is -2.17. The molecule has 1 aromatic rings. The average Bonchev–Trinajstić information content (AvgIpc) is 3.35. The van der Waals surface area contributed by atoms with E-state index in [1.54, 1.807) is 12.1 Å². The molecular formula is C17H23NO5. The van der Waals surface area contributed by atoms with Crippen LogP contribution in [-0.2, 0) is 20.9 Å². The Hall–Kier alpha value is -1.92. The number of benzene rings is 1. The number of carbonyl (C=O) groups excluding carboxylic acids is 2. The largest absolute Gasteiger partial charge is 0.516 e. The van der Waals surface area contributed by atoms with Crippen LogP contribution in [-0.4, -0.2) is 29.4 Å². The second-order valence-corrected chi connectivity index (χ2v) is 5.95. The van der Waals surface area contributed by atoms with Crippen LogP contribution in [0.4, 0.5) is 4.79 Å². The van der Waals surface area contributed by atoms with E-state index in [9.17, 15) is 14.7 Å². The van der Waals surface area contributed by atoms with E-state index in [-0.39, 0.29) is 13.0 Å². The summed E-state index contributed by atoms with van der Waals surface area (Å²) in [5, 5.41) is 9.86. The predicted octanol–water partition coefficient (Wildman–Crippen LogP) is 2.13. The van der Waals surface area contributed by atoms with Gasteiger partial charge in [-0.3, -0.25) is 4.79 Å². The number of hydrogen-bond donors (Lipinski definition) is 2. The van der Waals surface area contributed by atoms with Crippen LogP contribution in [0.25, 0.3) is 0 Å². The van der Waals surface area contributed by atoms with Gasteiger partial charge in [0.15, 0.2) is 0 Å². The molecule has 0 heterocycles. The summed E-state index contributed by atoms with van der Waals surface area (Å²) in [6, 6.07) is 8.57. The summed E-state index contributed by atoms with van der Waals surface area (Å²) in [4.78, 5) is 23.0. The van der Waals surface area contributed by atoms with Gasteiger partial charge in [0, 0.05) is 6.04 Å². The Morgan fingerprint density at radius 3 is 2.61 bits per heavy atom. The van der Waals surface area contributed by atoms with Crippen LogP contribution in [0.3, 0.4) is 0 Å². The van der Waals surface area contributed by atoms with E-state index in [0.717, 1.165) is 12.0 Å². The molecule has 0 amide bonds. The molecule has 2 atom stereocenters. The summed E-state index contributed by atoms with van der Waals surface area (Å²) in [7, 11) is 0. The average molecular weight is 321 g/mol. The zero-order valence-corrected chi connectivity index (χ0v) is 13.0. The van der Waals surface area contributed by atoms with Gasteiger partial charge in [0.05, 0.1) is 12.5 Å². The highest BCUT2D eigenvalue weighted by Crippen LogP contribution is 2.34. The van der Waals surface area contributed by atoms with Gasteiger partial charge in [0.2, 0.25) is 0 Å². The van der Waals surface area contributed by atoms with E-state index in [1.807, 2.05) is 18.2 Å². The van der Waals surface area contributed by atoms with Crippen LogP contribution >= 0.6 is 0 Å². The van der Waals surface area contributed by atoms with Crippen molar-refractivity contribution in [1.29, 1.82) is 0 Å². The van der Waals surface area contributed by atoms with Gasteiger partial charge in [-0.1, -0.05) is 43.2 Å². The van der Waals surface area contributed by atoms with E-state index in [2.05, 4.69) is 4.74 Å². The third-order valence-electron chi connectivity index (χ3n) is 3.87. The van der Waals surface area contributed by atoms with Crippen LogP contribution in [0.15, 0.2) is 30.3 Å². The minimum Gasteiger partial charge on any atom is -0.429 e. The van der Waals surface area contributed by atoms with E-state index in [4.69, 9.17) is 10.5 Å². The molecule has 1 aromatic carbocycles. The Morgan fingerprint density at radius 1 is 1.26 bits per heavy atom. The summed E-state index contributed by atoms with van der Waals surface area (Å²) in [5.74, 6) is -0.120. The van der Waals surface area contributed by atoms with Crippen LogP contribution in [0.2, 0.25) is 0 Å². The van der Waals surface area contributed by atoms with Crippen LogP contribution < -0.4 is 5.73 Å². The minimum absolute atomic E-state index is 0.0242. The number of carbonyl (C=O) groups is 2. The van der Waals surface area contributed by atoms with Gasteiger partial charge in [-0.15, -0.1) is 0 Å². The molecule has 0 spiro atoms. The first-order valence-corrected chi connectivity index (χ1v) is 7.89. The molecule has 2 rings (SSSR count). The second kappa shape index (κ2) is 8.64. The predicted molar refractivity (Wildman–Crippen MR) is 83.3 cm³/mol. The summed E-state index contributed by atoms with van der Waals surface area (Å²) < 4.78 is 9.35. The monoisotopic (exact) mass is 321 g/mol. The molecule has 23 heavy (non-hydrogen) atoms. The molecular weight excluding hydrogens is 298 g/mol. The lowest BCUT2D eigenvalue weighted by Crippen LogP contribution is -2.37. The highest BCUT2D eigenvalue weighted by atomic mass is 16.7. The van der Waals surface area contributed by atoms with Crippen molar-refractivity contribution in [3.8, 4) is 0 Å².